The van der Waals surface area contributed by atoms with Crippen molar-refractivity contribution in [1.29, 1.82) is 0 Å². The lowest BCUT2D eigenvalue weighted by Gasteiger charge is -2.39. The first kappa shape index (κ1) is 43.2. The molecule has 1 saturated heterocycles. The van der Waals surface area contributed by atoms with E-state index in [9.17, 15) is 19.8 Å². The molecule has 0 saturated carbocycles. The summed E-state index contributed by atoms with van der Waals surface area (Å²) in [6.07, 6.45) is 3.15. The second kappa shape index (κ2) is 21.6. The maximum Gasteiger partial charge on any atom is 0.224 e. The lowest BCUT2D eigenvalue weighted by molar-refractivity contribution is -0.253. The molecule has 1 aliphatic rings. The van der Waals surface area contributed by atoms with Crippen LogP contribution in [-0.4, -0.2) is 52.7 Å². The lowest BCUT2D eigenvalue weighted by atomic mass is 9.98. The van der Waals surface area contributed by atoms with Gasteiger partial charge in [0.1, 0.15) is 0 Å². The molecule has 2 amide bonds. The summed E-state index contributed by atoms with van der Waals surface area (Å²) in [7, 11) is 2.02. The molecule has 0 aromatic heterocycles. The molecule has 1 fully saturated rings. The van der Waals surface area contributed by atoms with Crippen molar-refractivity contribution in [1.82, 2.24) is 10.2 Å². The highest BCUT2D eigenvalue weighted by Gasteiger charge is 2.34. The van der Waals surface area contributed by atoms with Crippen LogP contribution in [0.25, 0.3) is 11.1 Å². The number of carbonyl (C=O) groups excluding carboxylic acids is 2. The summed E-state index contributed by atoms with van der Waals surface area (Å²) in [4.78, 5) is 27.0. The minimum atomic E-state index is -0.642. The number of para-hydroxylation sites is 2. The van der Waals surface area contributed by atoms with Gasteiger partial charge < -0.3 is 36.1 Å². The van der Waals surface area contributed by atoms with Crippen LogP contribution >= 0.6 is 0 Å². The standard InChI is InChI=1S/C49H58N4O6/c1-34(48(57)39-14-6-5-7-15-39)53(2)32-42-30-45(38-23-21-35(33-54)22-24-38)59-49(58-42)40-27-25-37(26-28-40)41-16-12-13-36(29-41)31-51-46(55)19-8-3-4-9-20-47(56)52-44-18-11-10-17-43(44)50/h5-7,10-18,21-29,34,42,45,48-49,54,57H,3-4,8-9,19-20,30-33,50H2,1-2H3,(H,51,55)(H,52,56). The van der Waals surface area contributed by atoms with Crippen LogP contribution in [0.4, 0.5) is 11.4 Å². The minimum absolute atomic E-state index is 0.0125. The van der Waals surface area contributed by atoms with E-state index in [0.29, 0.717) is 43.7 Å². The molecule has 5 aromatic rings. The van der Waals surface area contributed by atoms with Crippen molar-refractivity contribution in [3.63, 3.8) is 0 Å². The number of benzene rings is 5. The van der Waals surface area contributed by atoms with Gasteiger partial charge in [-0.05, 0) is 78.4 Å². The van der Waals surface area contributed by atoms with Gasteiger partial charge in [-0.2, -0.15) is 0 Å². The zero-order valence-corrected chi connectivity index (χ0v) is 34.1. The van der Waals surface area contributed by atoms with E-state index >= 15 is 0 Å². The van der Waals surface area contributed by atoms with Crippen LogP contribution in [0.15, 0.2) is 127 Å². The maximum absolute atomic E-state index is 12.6. The third-order valence-corrected chi connectivity index (χ3v) is 11.1. The number of anilines is 2. The highest BCUT2D eigenvalue weighted by Crippen LogP contribution is 2.39. The van der Waals surface area contributed by atoms with Gasteiger partial charge in [-0.1, -0.05) is 122 Å². The number of nitrogens with two attached hydrogens (primary N) is 1. The van der Waals surface area contributed by atoms with Gasteiger partial charge in [-0.3, -0.25) is 14.5 Å². The Balaban J connectivity index is 1.00. The van der Waals surface area contributed by atoms with Gasteiger partial charge in [-0.15, -0.1) is 0 Å². The Bertz CT molecular complexity index is 2080. The average Bonchev–Trinajstić information content (AvgIpc) is 3.27. The molecule has 10 heteroatoms. The Labute approximate surface area is 348 Å². The van der Waals surface area contributed by atoms with Gasteiger partial charge in [0.05, 0.1) is 36.3 Å². The number of nitrogens with one attached hydrogen (secondary N) is 2. The number of ether oxygens (including phenoxy) is 2. The number of hydrogen-bond donors (Lipinski definition) is 5. The zero-order valence-electron chi connectivity index (χ0n) is 34.1. The van der Waals surface area contributed by atoms with E-state index in [-0.39, 0.29) is 36.7 Å². The molecule has 5 aromatic carbocycles. The molecule has 0 radical (unpaired) electrons. The molecule has 5 atom stereocenters. The van der Waals surface area contributed by atoms with Crippen molar-refractivity contribution in [2.24, 2.45) is 0 Å². The van der Waals surface area contributed by atoms with Crippen molar-refractivity contribution in [3.8, 4) is 11.1 Å². The molecule has 0 spiro atoms. The Morgan fingerprint density at radius 2 is 1.44 bits per heavy atom. The Morgan fingerprint density at radius 3 is 2.15 bits per heavy atom. The monoisotopic (exact) mass is 798 g/mol. The second-order valence-electron chi connectivity index (χ2n) is 15.5. The van der Waals surface area contributed by atoms with E-state index in [4.69, 9.17) is 15.2 Å². The molecular formula is C49H58N4O6. The van der Waals surface area contributed by atoms with Crippen LogP contribution < -0.4 is 16.4 Å². The van der Waals surface area contributed by atoms with Gasteiger partial charge in [0.25, 0.3) is 0 Å². The number of nitrogen functional groups attached to an aromatic ring is 1. The number of hydrogen-bond acceptors (Lipinski definition) is 8. The predicted molar refractivity (Wildman–Crippen MR) is 233 cm³/mol. The molecular weight excluding hydrogens is 741 g/mol. The van der Waals surface area contributed by atoms with Gasteiger partial charge in [-0.25, -0.2) is 0 Å². The van der Waals surface area contributed by atoms with Crippen molar-refractivity contribution in [2.45, 2.75) is 95.7 Å². The number of unbranched alkanes of at least 4 members (excludes halogenated alkanes) is 3. The Hall–Kier alpha value is -5.36. The van der Waals surface area contributed by atoms with Crippen LogP contribution in [0.1, 0.15) is 98.2 Å². The third kappa shape index (κ3) is 12.6. The van der Waals surface area contributed by atoms with Crippen molar-refractivity contribution >= 4 is 23.2 Å². The Morgan fingerprint density at radius 1 is 0.763 bits per heavy atom. The largest absolute Gasteiger partial charge is 0.397 e. The van der Waals surface area contributed by atoms with Crippen LogP contribution in [0.3, 0.4) is 0 Å². The molecule has 0 aliphatic carbocycles. The summed E-state index contributed by atoms with van der Waals surface area (Å²) in [5.41, 5.74) is 13.8. The van der Waals surface area contributed by atoms with E-state index in [0.717, 1.165) is 64.6 Å². The number of carbonyl (C=O) groups is 2. The van der Waals surface area contributed by atoms with Crippen LogP contribution in [0.5, 0.6) is 0 Å². The van der Waals surface area contributed by atoms with Gasteiger partial charge in [0.15, 0.2) is 6.29 Å². The second-order valence-corrected chi connectivity index (χ2v) is 15.5. The fraction of sp³-hybridized carbons (Fsp3) is 0.347. The summed E-state index contributed by atoms with van der Waals surface area (Å²) in [5.74, 6) is -0.0411. The van der Waals surface area contributed by atoms with E-state index < -0.39 is 12.4 Å². The number of nitrogens with zero attached hydrogens (tertiary/aromatic N) is 1. The van der Waals surface area contributed by atoms with Crippen molar-refractivity contribution in [2.75, 3.05) is 24.6 Å². The Kier molecular flexibility index (Phi) is 15.8. The smallest absolute Gasteiger partial charge is 0.224 e. The van der Waals surface area contributed by atoms with E-state index in [1.165, 1.54) is 0 Å². The third-order valence-electron chi connectivity index (χ3n) is 11.1. The van der Waals surface area contributed by atoms with E-state index in [2.05, 4.69) is 39.8 Å². The summed E-state index contributed by atoms with van der Waals surface area (Å²) < 4.78 is 13.2. The predicted octanol–water partition coefficient (Wildman–Crippen LogP) is 8.62. The summed E-state index contributed by atoms with van der Waals surface area (Å²) in [6, 6.07) is 41.1. The first-order valence-corrected chi connectivity index (χ1v) is 20.7. The molecule has 1 heterocycles. The van der Waals surface area contributed by atoms with Crippen LogP contribution in [0.2, 0.25) is 0 Å². The normalized spacial score (nSPS) is 17.6. The molecule has 310 valence electrons. The van der Waals surface area contributed by atoms with Crippen LogP contribution in [-0.2, 0) is 32.2 Å². The summed E-state index contributed by atoms with van der Waals surface area (Å²) in [5, 5.41) is 26.7. The molecule has 59 heavy (non-hydrogen) atoms. The topological polar surface area (TPSA) is 146 Å². The van der Waals surface area contributed by atoms with Crippen molar-refractivity contribution < 1.29 is 29.3 Å². The maximum atomic E-state index is 12.6. The number of aliphatic hydroxyl groups excluding tert-OH is 2. The van der Waals surface area contributed by atoms with Gasteiger partial charge >= 0.3 is 0 Å². The lowest BCUT2D eigenvalue weighted by Crippen LogP contribution is -2.43. The summed E-state index contributed by atoms with van der Waals surface area (Å²) >= 11 is 0. The molecule has 10 nitrogen and oxygen atoms in total. The van der Waals surface area contributed by atoms with E-state index in [1.807, 2.05) is 105 Å². The minimum Gasteiger partial charge on any atom is -0.397 e. The fourth-order valence-corrected chi connectivity index (χ4v) is 7.42. The molecule has 1 aliphatic heterocycles. The average molecular weight is 799 g/mol. The molecule has 6 rings (SSSR count). The number of aliphatic hydroxyl groups is 2. The fourth-order valence-electron chi connectivity index (χ4n) is 7.42. The quantitative estimate of drug-likeness (QED) is 0.0413. The molecule has 5 unspecified atom stereocenters. The number of amides is 2. The van der Waals surface area contributed by atoms with Gasteiger partial charge in [0.2, 0.25) is 11.8 Å². The highest BCUT2D eigenvalue weighted by atomic mass is 16.7. The SMILES string of the molecule is CC(C(O)c1ccccc1)N(C)CC1CC(c2ccc(CO)cc2)OC(c2ccc(-c3cccc(CNC(=O)CCCCCCC(=O)Nc4ccccc4N)c3)cc2)O1. The van der Waals surface area contributed by atoms with E-state index in [1.54, 1.807) is 12.1 Å². The highest BCUT2D eigenvalue weighted by molar-refractivity contribution is 5.93. The summed E-state index contributed by atoms with van der Waals surface area (Å²) in [6.45, 7) is 3.05. The number of rotatable bonds is 19. The first-order valence-electron chi connectivity index (χ1n) is 20.7. The molecule has 6 N–H and O–H groups in total. The van der Waals surface area contributed by atoms with Crippen molar-refractivity contribution in [3.05, 3.63) is 155 Å². The van der Waals surface area contributed by atoms with Gasteiger partial charge in [0, 0.05) is 44.0 Å². The van der Waals surface area contributed by atoms with Crippen LogP contribution in [0, 0.1) is 0 Å². The molecule has 0 bridgehead atoms. The zero-order chi connectivity index (χ0) is 41.6. The number of likely N-dealkylation sites (N-methyl/N-ethyl adjacent to an activating group) is 1. The first-order chi connectivity index (χ1) is 28.7.